The number of aryl methyl sites for hydroxylation is 1. The Bertz CT molecular complexity index is 712. The highest BCUT2D eigenvalue weighted by molar-refractivity contribution is 5.94. The van der Waals surface area contributed by atoms with Crippen molar-refractivity contribution in [2.75, 3.05) is 36.5 Å². The van der Waals surface area contributed by atoms with Crippen LogP contribution in [0.15, 0.2) is 48.5 Å². The standard InChI is InChI=1S/C21H25FN2O2/c22-18-11-9-17(10-12-18)5-1-4-8-21(25)23-19-6-2-3-7-20(19)24-13-15-26-16-14-24/h2-3,6-7,9-12H,1,4-5,8,13-16H2,(H,23,25). The second-order valence-electron chi connectivity index (χ2n) is 6.50. The molecule has 0 saturated carbocycles. The van der Waals surface area contributed by atoms with Gasteiger partial charge in [0.15, 0.2) is 0 Å². The number of hydrogen-bond acceptors (Lipinski definition) is 3. The molecule has 1 amide bonds. The molecule has 0 aromatic heterocycles. The summed E-state index contributed by atoms with van der Waals surface area (Å²) < 4.78 is 18.3. The van der Waals surface area contributed by atoms with Crippen molar-refractivity contribution in [3.63, 3.8) is 0 Å². The van der Waals surface area contributed by atoms with Crippen LogP contribution in [-0.2, 0) is 16.0 Å². The van der Waals surface area contributed by atoms with E-state index in [1.54, 1.807) is 12.1 Å². The molecule has 0 bridgehead atoms. The van der Waals surface area contributed by atoms with Crippen molar-refractivity contribution in [1.29, 1.82) is 0 Å². The molecule has 0 aliphatic carbocycles. The molecule has 1 saturated heterocycles. The first-order valence-electron chi connectivity index (χ1n) is 9.18. The molecule has 2 aromatic carbocycles. The van der Waals surface area contributed by atoms with Gasteiger partial charge in [-0.25, -0.2) is 4.39 Å². The summed E-state index contributed by atoms with van der Waals surface area (Å²) in [4.78, 5) is 14.5. The van der Waals surface area contributed by atoms with Gasteiger partial charge in [-0.15, -0.1) is 0 Å². The Kier molecular flexibility index (Phi) is 6.61. The Hall–Kier alpha value is -2.40. The maximum atomic E-state index is 12.9. The zero-order valence-electron chi connectivity index (χ0n) is 14.9. The molecule has 0 radical (unpaired) electrons. The summed E-state index contributed by atoms with van der Waals surface area (Å²) in [7, 11) is 0. The number of benzene rings is 2. The first kappa shape index (κ1) is 18.4. The van der Waals surface area contributed by atoms with Crippen LogP contribution < -0.4 is 10.2 Å². The molecule has 0 atom stereocenters. The number of morpholine rings is 1. The number of halogens is 1. The lowest BCUT2D eigenvalue weighted by molar-refractivity contribution is -0.116. The van der Waals surface area contributed by atoms with Crippen LogP contribution in [0, 0.1) is 5.82 Å². The van der Waals surface area contributed by atoms with E-state index in [0.717, 1.165) is 49.3 Å². The number of nitrogens with zero attached hydrogens (tertiary/aromatic N) is 1. The number of carbonyl (C=O) groups excluding carboxylic acids is 1. The number of unbranched alkanes of at least 4 members (excludes halogenated alkanes) is 1. The molecule has 1 fully saturated rings. The predicted octanol–water partition coefficient (Wildman–Crippen LogP) is 4.01. The number of anilines is 2. The van der Waals surface area contributed by atoms with E-state index in [4.69, 9.17) is 4.74 Å². The van der Waals surface area contributed by atoms with E-state index in [0.29, 0.717) is 19.6 Å². The summed E-state index contributed by atoms with van der Waals surface area (Å²) in [6.45, 7) is 3.10. The zero-order valence-corrected chi connectivity index (χ0v) is 14.9. The van der Waals surface area contributed by atoms with Crippen LogP contribution >= 0.6 is 0 Å². The summed E-state index contributed by atoms with van der Waals surface area (Å²) in [5, 5.41) is 3.04. The predicted molar refractivity (Wildman–Crippen MR) is 102 cm³/mol. The molecule has 1 aliphatic rings. The van der Waals surface area contributed by atoms with E-state index in [1.165, 1.54) is 12.1 Å². The van der Waals surface area contributed by atoms with E-state index in [-0.39, 0.29) is 11.7 Å². The highest BCUT2D eigenvalue weighted by Crippen LogP contribution is 2.26. The van der Waals surface area contributed by atoms with Gasteiger partial charge in [0.1, 0.15) is 5.82 Å². The van der Waals surface area contributed by atoms with Crippen molar-refractivity contribution < 1.29 is 13.9 Å². The van der Waals surface area contributed by atoms with Crippen molar-refractivity contribution in [1.82, 2.24) is 0 Å². The van der Waals surface area contributed by atoms with Gasteiger partial charge in [-0.05, 0) is 49.1 Å². The highest BCUT2D eigenvalue weighted by Gasteiger charge is 2.15. The molecule has 138 valence electrons. The van der Waals surface area contributed by atoms with Crippen molar-refractivity contribution in [2.45, 2.75) is 25.7 Å². The number of ether oxygens (including phenoxy) is 1. The van der Waals surface area contributed by atoms with Crippen LogP contribution in [0.25, 0.3) is 0 Å². The second kappa shape index (κ2) is 9.34. The first-order valence-corrected chi connectivity index (χ1v) is 9.18. The van der Waals surface area contributed by atoms with Crippen LogP contribution in [0.5, 0.6) is 0 Å². The largest absolute Gasteiger partial charge is 0.378 e. The van der Waals surface area contributed by atoms with Gasteiger partial charge in [0.2, 0.25) is 5.91 Å². The Morgan fingerprint density at radius 3 is 2.54 bits per heavy atom. The van der Waals surface area contributed by atoms with Crippen molar-refractivity contribution >= 4 is 17.3 Å². The molecule has 0 spiro atoms. The minimum absolute atomic E-state index is 0.0322. The minimum atomic E-state index is -0.216. The van der Waals surface area contributed by atoms with Crippen LogP contribution in [0.3, 0.4) is 0 Å². The minimum Gasteiger partial charge on any atom is -0.378 e. The smallest absolute Gasteiger partial charge is 0.224 e. The van der Waals surface area contributed by atoms with Gasteiger partial charge in [0.25, 0.3) is 0 Å². The first-order chi connectivity index (χ1) is 12.7. The maximum Gasteiger partial charge on any atom is 0.224 e. The van der Waals surface area contributed by atoms with Crippen molar-refractivity contribution in [3.8, 4) is 0 Å². The van der Waals surface area contributed by atoms with Gasteiger partial charge in [0.05, 0.1) is 24.6 Å². The summed E-state index contributed by atoms with van der Waals surface area (Å²) in [5.41, 5.74) is 3.01. The van der Waals surface area contributed by atoms with Gasteiger partial charge >= 0.3 is 0 Å². The number of rotatable bonds is 7. The Morgan fingerprint density at radius 2 is 1.77 bits per heavy atom. The highest BCUT2D eigenvalue weighted by atomic mass is 19.1. The quantitative estimate of drug-likeness (QED) is 0.762. The molecule has 3 rings (SSSR count). The fourth-order valence-electron chi connectivity index (χ4n) is 3.14. The Balaban J connectivity index is 1.46. The SMILES string of the molecule is O=C(CCCCc1ccc(F)cc1)Nc1ccccc1N1CCOCC1. The molecule has 1 aliphatic heterocycles. The third kappa shape index (κ3) is 5.30. The van der Waals surface area contributed by atoms with Gasteiger partial charge in [-0.2, -0.15) is 0 Å². The summed E-state index contributed by atoms with van der Waals surface area (Å²) in [5.74, 6) is -0.183. The molecule has 2 aromatic rings. The van der Waals surface area contributed by atoms with Crippen molar-refractivity contribution in [3.05, 3.63) is 59.9 Å². The topological polar surface area (TPSA) is 41.6 Å². The van der Waals surface area contributed by atoms with Gasteiger partial charge in [-0.1, -0.05) is 24.3 Å². The number of para-hydroxylation sites is 2. The van der Waals surface area contributed by atoms with Gasteiger partial charge < -0.3 is 15.0 Å². The van der Waals surface area contributed by atoms with Gasteiger partial charge in [-0.3, -0.25) is 4.79 Å². The summed E-state index contributed by atoms with van der Waals surface area (Å²) in [6, 6.07) is 14.5. The monoisotopic (exact) mass is 356 g/mol. The summed E-state index contributed by atoms with van der Waals surface area (Å²) >= 11 is 0. The van der Waals surface area contributed by atoms with E-state index in [1.807, 2.05) is 24.3 Å². The average molecular weight is 356 g/mol. The Labute approximate surface area is 154 Å². The molecule has 1 N–H and O–H groups in total. The number of nitrogens with one attached hydrogen (secondary N) is 1. The van der Waals surface area contributed by atoms with E-state index >= 15 is 0 Å². The van der Waals surface area contributed by atoms with E-state index in [2.05, 4.69) is 10.2 Å². The number of hydrogen-bond donors (Lipinski definition) is 1. The molecule has 5 heteroatoms. The molecule has 0 unspecified atom stereocenters. The van der Waals surface area contributed by atoms with Crippen LogP contribution in [0.1, 0.15) is 24.8 Å². The fraction of sp³-hybridized carbons (Fsp3) is 0.381. The van der Waals surface area contributed by atoms with Crippen LogP contribution in [-0.4, -0.2) is 32.2 Å². The molecular weight excluding hydrogens is 331 g/mol. The normalized spacial score (nSPS) is 14.3. The van der Waals surface area contributed by atoms with Crippen LogP contribution in [0.2, 0.25) is 0 Å². The lowest BCUT2D eigenvalue weighted by atomic mass is 10.1. The number of amides is 1. The fourth-order valence-corrected chi connectivity index (χ4v) is 3.14. The van der Waals surface area contributed by atoms with Crippen LogP contribution in [0.4, 0.5) is 15.8 Å². The molecule has 26 heavy (non-hydrogen) atoms. The van der Waals surface area contributed by atoms with Gasteiger partial charge in [0, 0.05) is 19.5 Å². The van der Waals surface area contributed by atoms with E-state index < -0.39 is 0 Å². The second-order valence-corrected chi connectivity index (χ2v) is 6.50. The number of carbonyl (C=O) groups is 1. The zero-order chi connectivity index (χ0) is 18.2. The molecule has 1 heterocycles. The maximum absolute atomic E-state index is 12.9. The van der Waals surface area contributed by atoms with Crippen molar-refractivity contribution in [2.24, 2.45) is 0 Å². The lowest BCUT2D eigenvalue weighted by Gasteiger charge is -2.30. The third-order valence-corrected chi connectivity index (χ3v) is 4.56. The molecular formula is C21H25FN2O2. The summed E-state index contributed by atoms with van der Waals surface area (Å²) in [6.07, 6.45) is 3.06. The molecule has 4 nitrogen and oxygen atoms in total. The van der Waals surface area contributed by atoms with E-state index in [9.17, 15) is 9.18 Å². The average Bonchev–Trinajstić information content (AvgIpc) is 2.68. The lowest BCUT2D eigenvalue weighted by Crippen LogP contribution is -2.36. The Morgan fingerprint density at radius 1 is 1.04 bits per heavy atom. The third-order valence-electron chi connectivity index (χ3n) is 4.56.